The molecule has 0 fully saturated rings. The van der Waals surface area contributed by atoms with Crippen molar-refractivity contribution < 1.29 is 19.0 Å². The van der Waals surface area contributed by atoms with E-state index in [0.717, 1.165) is 11.3 Å². The van der Waals surface area contributed by atoms with Crippen molar-refractivity contribution in [1.29, 1.82) is 0 Å². The molecule has 0 unspecified atom stereocenters. The molecule has 4 heteroatoms. The van der Waals surface area contributed by atoms with Crippen molar-refractivity contribution in [3.05, 3.63) is 42.0 Å². The van der Waals surface area contributed by atoms with Gasteiger partial charge in [0.25, 0.3) is 0 Å². The molecule has 0 saturated heterocycles. The van der Waals surface area contributed by atoms with Crippen molar-refractivity contribution in [2.45, 2.75) is 32.2 Å². The van der Waals surface area contributed by atoms with E-state index in [4.69, 9.17) is 14.2 Å². The average Bonchev–Trinajstić information content (AvgIpc) is 2.84. The lowest BCUT2D eigenvalue weighted by Gasteiger charge is -2.13. The molecule has 0 spiro atoms. The molecule has 4 nitrogen and oxygen atoms in total. The Morgan fingerprint density at radius 1 is 1.21 bits per heavy atom. The molecule has 1 aromatic carbocycles. The molecule has 0 N–H and O–H groups in total. The molecule has 19 heavy (non-hydrogen) atoms. The average molecular weight is 262 g/mol. The van der Waals surface area contributed by atoms with Gasteiger partial charge in [-0.1, -0.05) is 18.2 Å². The third kappa shape index (κ3) is 4.10. The van der Waals surface area contributed by atoms with Crippen molar-refractivity contribution in [2.24, 2.45) is 0 Å². The highest BCUT2D eigenvalue weighted by Gasteiger charge is 2.21. The minimum atomic E-state index is -0.259. The number of benzene rings is 1. The van der Waals surface area contributed by atoms with Gasteiger partial charge in [-0.05, 0) is 23.8 Å². The van der Waals surface area contributed by atoms with Crippen LogP contribution in [-0.2, 0) is 20.9 Å². The largest absolute Gasteiger partial charge is 0.497 e. The highest BCUT2D eigenvalue weighted by Crippen LogP contribution is 2.19. The predicted octanol–water partition coefficient (Wildman–Crippen LogP) is 2.47. The Morgan fingerprint density at radius 3 is 2.53 bits per heavy atom. The number of rotatable bonds is 5. The highest BCUT2D eigenvalue weighted by atomic mass is 16.5. The van der Waals surface area contributed by atoms with E-state index < -0.39 is 0 Å². The third-order valence-electron chi connectivity index (χ3n) is 2.95. The van der Waals surface area contributed by atoms with Gasteiger partial charge < -0.3 is 14.2 Å². The topological polar surface area (TPSA) is 44.8 Å². The van der Waals surface area contributed by atoms with Crippen LogP contribution in [-0.4, -0.2) is 25.3 Å². The summed E-state index contributed by atoms with van der Waals surface area (Å²) in [5.74, 6) is 0.574. The van der Waals surface area contributed by atoms with Gasteiger partial charge in [0.05, 0.1) is 19.8 Å². The molecule has 0 bridgehead atoms. The first-order valence-corrected chi connectivity index (χ1v) is 6.27. The lowest BCUT2D eigenvalue weighted by Crippen LogP contribution is -2.16. The van der Waals surface area contributed by atoms with E-state index in [0.29, 0.717) is 13.0 Å². The summed E-state index contributed by atoms with van der Waals surface area (Å²) in [4.78, 5) is 10.8. The number of hydrogen-bond acceptors (Lipinski definition) is 4. The number of carbonyl (C=O) groups is 1. The van der Waals surface area contributed by atoms with Gasteiger partial charge in [0.1, 0.15) is 11.9 Å². The van der Waals surface area contributed by atoms with E-state index in [-0.39, 0.29) is 18.2 Å². The summed E-state index contributed by atoms with van der Waals surface area (Å²) in [5.41, 5.74) is 1.09. The van der Waals surface area contributed by atoms with Crippen molar-refractivity contribution in [3.63, 3.8) is 0 Å². The zero-order valence-corrected chi connectivity index (χ0v) is 11.2. The molecule has 1 aliphatic rings. The molecule has 2 atom stereocenters. The number of ether oxygens (including phenoxy) is 3. The summed E-state index contributed by atoms with van der Waals surface area (Å²) in [6.07, 6.45) is 4.36. The van der Waals surface area contributed by atoms with Gasteiger partial charge in [0, 0.05) is 13.3 Å². The molecule has 0 radical (unpaired) electrons. The number of esters is 1. The standard InChI is InChI=1S/C15H18O4/c1-11(16)19-15-8-7-14(9-15)18-10-12-3-5-13(17-2)6-4-12/h3-8,14-15H,9-10H2,1-2H3/t14-,15+/m0/s1. The monoisotopic (exact) mass is 262 g/mol. The van der Waals surface area contributed by atoms with Crippen LogP contribution in [0.25, 0.3) is 0 Å². The molecule has 0 amide bonds. The van der Waals surface area contributed by atoms with E-state index in [1.807, 2.05) is 36.4 Å². The highest BCUT2D eigenvalue weighted by molar-refractivity contribution is 5.66. The molecule has 0 aromatic heterocycles. The Hall–Kier alpha value is -1.81. The van der Waals surface area contributed by atoms with Crippen LogP contribution in [0, 0.1) is 0 Å². The molecule has 0 aliphatic heterocycles. The van der Waals surface area contributed by atoms with Crippen LogP contribution >= 0.6 is 0 Å². The fourth-order valence-electron chi connectivity index (χ4n) is 1.98. The van der Waals surface area contributed by atoms with Crippen molar-refractivity contribution in [2.75, 3.05) is 7.11 Å². The van der Waals surface area contributed by atoms with E-state index in [9.17, 15) is 4.79 Å². The van der Waals surface area contributed by atoms with Crippen molar-refractivity contribution >= 4 is 5.97 Å². The Kier molecular flexibility index (Phi) is 4.58. The first-order chi connectivity index (χ1) is 9.17. The van der Waals surface area contributed by atoms with Gasteiger partial charge in [0.15, 0.2) is 0 Å². The quantitative estimate of drug-likeness (QED) is 0.604. The van der Waals surface area contributed by atoms with Gasteiger partial charge in [-0.15, -0.1) is 0 Å². The van der Waals surface area contributed by atoms with Crippen LogP contribution in [0.2, 0.25) is 0 Å². The summed E-state index contributed by atoms with van der Waals surface area (Å²) >= 11 is 0. The summed E-state index contributed by atoms with van der Waals surface area (Å²) in [7, 11) is 1.64. The zero-order valence-electron chi connectivity index (χ0n) is 11.2. The maximum atomic E-state index is 10.8. The fourth-order valence-corrected chi connectivity index (χ4v) is 1.98. The minimum Gasteiger partial charge on any atom is -0.497 e. The molecule has 1 aliphatic carbocycles. The molecule has 2 rings (SSSR count). The summed E-state index contributed by atoms with van der Waals surface area (Å²) in [6.45, 7) is 1.95. The van der Waals surface area contributed by atoms with Crippen LogP contribution in [0.15, 0.2) is 36.4 Å². The molecule has 1 aromatic rings. The van der Waals surface area contributed by atoms with Crippen LogP contribution in [0.5, 0.6) is 5.75 Å². The van der Waals surface area contributed by atoms with E-state index in [2.05, 4.69) is 0 Å². The third-order valence-corrected chi connectivity index (χ3v) is 2.95. The van der Waals surface area contributed by atoms with Gasteiger partial charge in [-0.3, -0.25) is 4.79 Å². The second kappa shape index (κ2) is 6.38. The van der Waals surface area contributed by atoms with E-state index in [1.165, 1.54) is 6.92 Å². The van der Waals surface area contributed by atoms with Crippen LogP contribution in [0.1, 0.15) is 18.9 Å². The smallest absolute Gasteiger partial charge is 0.303 e. The van der Waals surface area contributed by atoms with Crippen LogP contribution < -0.4 is 4.74 Å². The van der Waals surface area contributed by atoms with Crippen molar-refractivity contribution in [3.8, 4) is 5.75 Å². The Balaban J connectivity index is 1.77. The Bertz CT molecular complexity index is 450. The Labute approximate surface area is 113 Å². The number of methoxy groups -OCH3 is 1. The fraction of sp³-hybridized carbons (Fsp3) is 0.400. The minimum absolute atomic E-state index is 0.00597. The van der Waals surface area contributed by atoms with Gasteiger partial charge >= 0.3 is 5.97 Å². The van der Waals surface area contributed by atoms with Gasteiger partial charge in [-0.25, -0.2) is 0 Å². The molecular weight excluding hydrogens is 244 g/mol. The first kappa shape index (κ1) is 13.6. The van der Waals surface area contributed by atoms with E-state index in [1.54, 1.807) is 7.11 Å². The SMILES string of the molecule is COc1ccc(CO[C@H]2C=C[C@@H](OC(C)=O)C2)cc1. The number of hydrogen-bond donors (Lipinski definition) is 0. The molecule has 0 heterocycles. The number of carbonyl (C=O) groups excluding carboxylic acids is 1. The maximum absolute atomic E-state index is 10.8. The predicted molar refractivity (Wildman–Crippen MR) is 70.9 cm³/mol. The van der Waals surface area contributed by atoms with Crippen molar-refractivity contribution in [1.82, 2.24) is 0 Å². The van der Waals surface area contributed by atoms with E-state index >= 15 is 0 Å². The zero-order chi connectivity index (χ0) is 13.7. The second-order valence-corrected chi connectivity index (χ2v) is 4.47. The van der Waals surface area contributed by atoms with Gasteiger partial charge in [-0.2, -0.15) is 0 Å². The lowest BCUT2D eigenvalue weighted by molar-refractivity contribution is -0.144. The molecule has 0 saturated carbocycles. The van der Waals surface area contributed by atoms with Crippen LogP contribution in [0.4, 0.5) is 0 Å². The van der Waals surface area contributed by atoms with Crippen LogP contribution in [0.3, 0.4) is 0 Å². The molecular formula is C15H18O4. The summed E-state index contributed by atoms with van der Waals surface area (Å²) < 4.78 is 16.0. The molecule has 102 valence electrons. The lowest BCUT2D eigenvalue weighted by atomic mass is 10.2. The summed E-state index contributed by atoms with van der Waals surface area (Å²) in [5, 5.41) is 0. The first-order valence-electron chi connectivity index (χ1n) is 6.27. The summed E-state index contributed by atoms with van der Waals surface area (Å²) in [6, 6.07) is 7.76. The normalized spacial score (nSPS) is 21.4. The maximum Gasteiger partial charge on any atom is 0.303 e. The Morgan fingerprint density at radius 2 is 1.89 bits per heavy atom. The second-order valence-electron chi connectivity index (χ2n) is 4.47. The van der Waals surface area contributed by atoms with Gasteiger partial charge in [0.2, 0.25) is 0 Å².